The van der Waals surface area contributed by atoms with Crippen LogP contribution < -0.4 is 0 Å². The Morgan fingerprint density at radius 3 is 2.69 bits per heavy atom. The Bertz CT molecular complexity index is 289. The molecule has 1 heteroatoms. The first kappa shape index (κ1) is 10.0. The predicted molar refractivity (Wildman–Crippen MR) is 55.3 cm³/mol. The highest BCUT2D eigenvalue weighted by Crippen LogP contribution is 2.09. The summed E-state index contributed by atoms with van der Waals surface area (Å²) in [6.45, 7) is 7.63. The molecule has 0 saturated carbocycles. The molecule has 0 saturated heterocycles. The van der Waals surface area contributed by atoms with Crippen LogP contribution in [-0.4, -0.2) is 13.2 Å². The van der Waals surface area contributed by atoms with Gasteiger partial charge in [-0.1, -0.05) is 36.4 Å². The van der Waals surface area contributed by atoms with Crippen molar-refractivity contribution in [3.63, 3.8) is 0 Å². The highest BCUT2D eigenvalue weighted by Gasteiger charge is 1.93. The van der Waals surface area contributed by atoms with Crippen LogP contribution in [0.15, 0.2) is 30.3 Å². The second-order valence-corrected chi connectivity index (χ2v) is 2.92. The SMILES string of the molecule is [CH]C(/C=C/c1ccccc1C)OC. The first-order valence-electron chi connectivity index (χ1n) is 4.26. The van der Waals surface area contributed by atoms with Gasteiger partial charge >= 0.3 is 0 Å². The molecule has 0 heterocycles. The van der Waals surface area contributed by atoms with E-state index in [4.69, 9.17) is 11.7 Å². The Kier molecular flexibility index (Phi) is 3.71. The highest BCUT2D eigenvalue weighted by atomic mass is 16.5. The summed E-state index contributed by atoms with van der Waals surface area (Å²) in [5.74, 6) is 0. The average Bonchev–Trinajstić information content (AvgIpc) is 2.16. The number of aryl methyl sites for hydroxylation is 1. The maximum atomic E-state index is 5.56. The Morgan fingerprint density at radius 2 is 2.08 bits per heavy atom. The second-order valence-electron chi connectivity index (χ2n) is 2.92. The van der Waals surface area contributed by atoms with Crippen molar-refractivity contribution in [2.45, 2.75) is 13.0 Å². The molecule has 2 radical (unpaired) electrons. The van der Waals surface area contributed by atoms with Crippen molar-refractivity contribution in [3.05, 3.63) is 48.4 Å². The molecule has 0 N–H and O–H groups in total. The van der Waals surface area contributed by atoms with E-state index in [2.05, 4.69) is 13.0 Å². The van der Waals surface area contributed by atoms with Gasteiger partial charge in [0, 0.05) is 14.0 Å². The molecular weight excluding hydrogens is 160 g/mol. The number of hydrogen-bond acceptors (Lipinski definition) is 1. The van der Waals surface area contributed by atoms with Crippen LogP contribution in [0.3, 0.4) is 0 Å². The molecule has 0 aliphatic carbocycles. The summed E-state index contributed by atoms with van der Waals surface area (Å²) in [4.78, 5) is 0. The Labute approximate surface area is 80.0 Å². The van der Waals surface area contributed by atoms with Crippen molar-refractivity contribution in [1.82, 2.24) is 0 Å². The van der Waals surface area contributed by atoms with Gasteiger partial charge in [0.05, 0.1) is 6.10 Å². The largest absolute Gasteiger partial charge is 0.377 e. The molecule has 0 bridgehead atoms. The zero-order valence-corrected chi connectivity index (χ0v) is 8.03. The lowest BCUT2D eigenvalue weighted by Crippen LogP contribution is -1.99. The van der Waals surface area contributed by atoms with Gasteiger partial charge in [-0.15, -0.1) is 0 Å². The summed E-state index contributed by atoms with van der Waals surface area (Å²) in [5.41, 5.74) is 2.41. The molecule has 68 valence electrons. The lowest BCUT2D eigenvalue weighted by atomic mass is 10.1. The highest BCUT2D eigenvalue weighted by molar-refractivity contribution is 5.53. The fraction of sp³-hybridized carbons (Fsp3) is 0.250. The van der Waals surface area contributed by atoms with E-state index in [1.54, 1.807) is 7.11 Å². The van der Waals surface area contributed by atoms with Crippen LogP contribution in [-0.2, 0) is 4.74 Å². The van der Waals surface area contributed by atoms with E-state index in [1.807, 2.05) is 30.4 Å². The Balaban J connectivity index is 2.74. The van der Waals surface area contributed by atoms with Crippen LogP contribution >= 0.6 is 0 Å². The monoisotopic (exact) mass is 174 g/mol. The summed E-state index contributed by atoms with van der Waals surface area (Å²) in [5, 5.41) is 0. The lowest BCUT2D eigenvalue weighted by Gasteiger charge is -2.02. The number of hydrogen-bond donors (Lipinski definition) is 0. The molecule has 0 fully saturated rings. The van der Waals surface area contributed by atoms with Gasteiger partial charge in [-0.05, 0) is 18.1 Å². The van der Waals surface area contributed by atoms with Gasteiger partial charge in [-0.25, -0.2) is 0 Å². The molecular formula is C12H14O. The standard InChI is InChI=1S/C12H14O/c1-10-6-4-5-7-12(10)9-8-11(2)13-3/h2,4-9,11H,1,3H3/b9-8+. The molecule has 0 aliphatic heterocycles. The second kappa shape index (κ2) is 4.83. The van der Waals surface area contributed by atoms with E-state index < -0.39 is 0 Å². The molecule has 0 aromatic heterocycles. The summed E-state index contributed by atoms with van der Waals surface area (Å²) in [6.07, 6.45) is 3.49. The van der Waals surface area contributed by atoms with Crippen LogP contribution in [0.25, 0.3) is 6.08 Å². The summed E-state index contributed by atoms with van der Waals surface area (Å²) >= 11 is 0. The molecule has 1 unspecified atom stereocenters. The maximum Gasteiger partial charge on any atom is 0.0791 e. The number of ether oxygens (including phenoxy) is 1. The maximum absolute atomic E-state index is 5.56. The number of benzene rings is 1. The summed E-state index contributed by atoms with van der Waals surface area (Å²) in [7, 11) is 1.59. The fourth-order valence-electron chi connectivity index (χ4n) is 1.05. The minimum atomic E-state index is -0.320. The molecule has 1 aromatic carbocycles. The predicted octanol–water partition coefficient (Wildman–Crippen LogP) is 2.73. The van der Waals surface area contributed by atoms with Gasteiger partial charge in [0.25, 0.3) is 0 Å². The quantitative estimate of drug-likeness (QED) is 0.684. The van der Waals surface area contributed by atoms with Crippen LogP contribution in [0.4, 0.5) is 0 Å². The number of rotatable bonds is 3. The van der Waals surface area contributed by atoms with Crippen molar-refractivity contribution in [2.24, 2.45) is 0 Å². The molecule has 1 aromatic rings. The van der Waals surface area contributed by atoms with Gasteiger partial charge < -0.3 is 4.74 Å². The van der Waals surface area contributed by atoms with Crippen molar-refractivity contribution < 1.29 is 4.74 Å². The van der Waals surface area contributed by atoms with E-state index in [9.17, 15) is 0 Å². The zero-order chi connectivity index (χ0) is 9.68. The van der Waals surface area contributed by atoms with Gasteiger partial charge in [-0.2, -0.15) is 0 Å². The Morgan fingerprint density at radius 1 is 1.38 bits per heavy atom. The first-order valence-corrected chi connectivity index (χ1v) is 4.26. The third kappa shape index (κ3) is 3.03. The smallest absolute Gasteiger partial charge is 0.0791 e. The van der Waals surface area contributed by atoms with E-state index in [0.717, 1.165) is 0 Å². The van der Waals surface area contributed by atoms with Crippen LogP contribution in [0.1, 0.15) is 11.1 Å². The van der Waals surface area contributed by atoms with E-state index >= 15 is 0 Å². The zero-order valence-electron chi connectivity index (χ0n) is 8.03. The minimum Gasteiger partial charge on any atom is -0.377 e. The lowest BCUT2D eigenvalue weighted by molar-refractivity contribution is 0.176. The third-order valence-corrected chi connectivity index (χ3v) is 1.93. The van der Waals surface area contributed by atoms with Crippen molar-refractivity contribution in [3.8, 4) is 0 Å². The topological polar surface area (TPSA) is 9.23 Å². The van der Waals surface area contributed by atoms with Crippen molar-refractivity contribution >= 4 is 6.08 Å². The van der Waals surface area contributed by atoms with Crippen LogP contribution in [0.5, 0.6) is 0 Å². The summed E-state index contributed by atoms with van der Waals surface area (Å²) < 4.78 is 4.90. The molecule has 1 nitrogen and oxygen atoms in total. The third-order valence-electron chi connectivity index (χ3n) is 1.93. The van der Waals surface area contributed by atoms with E-state index in [-0.39, 0.29) is 6.10 Å². The summed E-state index contributed by atoms with van der Waals surface area (Å²) in [6, 6.07) is 8.14. The fourth-order valence-corrected chi connectivity index (χ4v) is 1.05. The van der Waals surface area contributed by atoms with Crippen molar-refractivity contribution in [2.75, 3.05) is 7.11 Å². The Hall–Kier alpha value is -1.08. The normalized spacial score (nSPS) is 13.5. The van der Waals surface area contributed by atoms with Gasteiger partial charge in [-0.3, -0.25) is 0 Å². The average molecular weight is 174 g/mol. The molecule has 0 aliphatic rings. The van der Waals surface area contributed by atoms with E-state index in [1.165, 1.54) is 11.1 Å². The van der Waals surface area contributed by atoms with Crippen molar-refractivity contribution in [1.29, 1.82) is 0 Å². The molecule has 0 spiro atoms. The number of methoxy groups -OCH3 is 1. The van der Waals surface area contributed by atoms with Gasteiger partial charge in [0.2, 0.25) is 0 Å². The molecule has 13 heavy (non-hydrogen) atoms. The molecule has 1 atom stereocenters. The van der Waals surface area contributed by atoms with Crippen LogP contribution in [0, 0.1) is 13.8 Å². The van der Waals surface area contributed by atoms with Gasteiger partial charge in [0.15, 0.2) is 0 Å². The molecule has 0 amide bonds. The minimum absolute atomic E-state index is 0.320. The van der Waals surface area contributed by atoms with Crippen LogP contribution in [0.2, 0.25) is 0 Å². The molecule has 1 rings (SSSR count). The first-order chi connectivity index (χ1) is 6.24. The van der Waals surface area contributed by atoms with Gasteiger partial charge in [0.1, 0.15) is 0 Å². The van der Waals surface area contributed by atoms with E-state index in [0.29, 0.717) is 0 Å².